The van der Waals surface area contributed by atoms with Crippen LogP contribution >= 0.6 is 0 Å². The minimum atomic E-state index is -0.807. The average molecular weight is 294 g/mol. The Labute approximate surface area is 127 Å². The molecule has 0 saturated carbocycles. The van der Waals surface area contributed by atoms with Gasteiger partial charge in [0, 0.05) is 12.2 Å². The summed E-state index contributed by atoms with van der Waals surface area (Å²) in [6.45, 7) is 8.23. The summed E-state index contributed by atoms with van der Waals surface area (Å²) in [5.41, 5.74) is 0.723. The molecule has 0 aliphatic carbocycles. The molecule has 0 unspecified atom stereocenters. The topological polar surface area (TPSA) is 60.5 Å². The van der Waals surface area contributed by atoms with E-state index in [2.05, 4.69) is 17.2 Å². The molecule has 0 aliphatic rings. The molecule has 0 saturated heterocycles. The number of unbranched alkanes of at least 4 members (excludes halogenated alkanes) is 1. The molecule has 1 aromatic heterocycles. The number of amides is 1. The third kappa shape index (κ3) is 4.70. The minimum Gasteiger partial charge on any atom is -0.481 e. The van der Waals surface area contributed by atoms with E-state index in [0.717, 1.165) is 18.4 Å². The molecule has 0 aromatic carbocycles. The average Bonchev–Trinajstić information content (AvgIpc) is 2.45. The summed E-state index contributed by atoms with van der Waals surface area (Å²) in [6, 6.07) is 1.84. The third-order valence-electron chi connectivity index (χ3n) is 3.43. The van der Waals surface area contributed by atoms with Gasteiger partial charge >= 0.3 is 0 Å². The lowest BCUT2D eigenvalue weighted by molar-refractivity contribution is -0.139. The molecule has 21 heavy (non-hydrogen) atoms. The predicted octanol–water partition coefficient (Wildman–Crippen LogP) is 3.32. The summed E-state index contributed by atoms with van der Waals surface area (Å²) >= 11 is 0. The zero-order valence-corrected chi connectivity index (χ0v) is 13.7. The highest BCUT2D eigenvalue weighted by Crippen LogP contribution is 2.23. The lowest BCUT2D eigenvalue weighted by Crippen LogP contribution is -2.42. The molecule has 0 spiro atoms. The molecule has 0 bridgehead atoms. The fourth-order valence-electron chi connectivity index (χ4n) is 2.19. The Bertz CT molecular complexity index is 477. The van der Waals surface area contributed by atoms with Gasteiger partial charge in [-0.05, 0) is 33.3 Å². The maximum atomic E-state index is 12.5. The molecular formula is C16H26N2O3. The molecule has 0 fully saturated rings. The van der Waals surface area contributed by atoms with Crippen LogP contribution in [0.25, 0.3) is 0 Å². The van der Waals surface area contributed by atoms with Gasteiger partial charge < -0.3 is 14.8 Å². The zero-order chi connectivity index (χ0) is 15.9. The van der Waals surface area contributed by atoms with E-state index < -0.39 is 5.60 Å². The number of methoxy groups -OCH3 is 1. The van der Waals surface area contributed by atoms with Crippen LogP contribution in [0.15, 0.2) is 12.3 Å². The summed E-state index contributed by atoms with van der Waals surface area (Å²) < 4.78 is 10.8. The molecule has 1 atom stereocenters. The van der Waals surface area contributed by atoms with Crippen molar-refractivity contribution >= 4 is 11.6 Å². The number of pyridine rings is 1. The molecule has 0 aliphatic heterocycles. The van der Waals surface area contributed by atoms with Gasteiger partial charge in [-0.25, -0.2) is 4.98 Å². The maximum absolute atomic E-state index is 12.5. The number of carbonyl (C=O) groups is 1. The summed E-state index contributed by atoms with van der Waals surface area (Å²) in [5, 5.41) is 2.89. The Morgan fingerprint density at radius 2 is 2.14 bits per heavy atom. The lowest BCUT2D eigenvalue weighted by atomic mass is 9.97. The van der Waals surface area contributed by atoms with Crippen LogP contribution in [0.4, 0.5) is 5.69 Å². The summed E-state index contributed by atoms with van der Waals surface area (Å²) in [4.78, 5) is 16.7. The first-order valence-electron chi connectivity index (χ1n) is 7.42. The first-order chi connectivity index (χ1) is 9.96. The number of ether oxygens (including phenoxy) is 2. The molecular weight excluding hydrogens is 268 g/mol. The molecule has 0 radical (unpaired) electrons. The second-order valence-electron chi connectivity index (χ2n) is 5.27. The van der Waals surface area contributed by atoms with E-state index in [-0.39, 0.29) is 5.91 Å². The van der Waals surface area contributed by atoms with Crippen LogP contribution in [0.3, 0.4) is 0 Å². The molecule has 5 nitrogen and oxygen atoms in total. The standard InChI is InChI=1S/C16H26N2O3/c1-6-8-9-16(4,21-7-2)15(19)18-13-10-12(3)14(20-5)17-11-13/h10-11H,6-9H2,1-5H3,(H,18,19)/t16-/m0/s1. The van der Waals surface area contributed by atoms with E-state index in [1.54, 1.807) is 13.3 Å². The van der Waals surface area contributed by atoms with Crippen molar-refractivity contribution in [2.75, 3.05) is 19.0 Å². The first-order valence-corrected chi connectivity index (χ1v) is 7.42. The van der Waals surface area contributed by atoms with E-state index in [1.807, 2.05) is 26.8 Å². The van der Waals surface area contributed by atoms with Crippen molar-refractivity contribution in [3.63, 3.8) is 0 Å². The molecule has 1 amide bonds. The van der Waals surface area contributed by atoms with Crippen LogP contribution in [-0.4, -0.2) is 30.2 Å². The van der Waals surface area contributed by atoms with E-state index in [1.165, 1.54) is 0 Å². The SMILES string of the molecule is CCCC[C@](C)(OCC)C(=O)Nc1cnc(OC)c(C)c1. The Hall–Kier alpha value is -1.62. The Morgan fingerprint density at radius 1 is 1.43 bits per heavy atom. The number of carbonyl (C=O) groups excluding carboxylic acids is 1. The van der Waals surface area contributed by atoms with Crippen molar-refractivity contribution in [3.8, 4) is 5.88 Å². The second kappa shape index (κ2) is 7.98. The van der Waals surface area contributed by atoms with Crippen molar-refractivity contribution in [2.45, 2.75) is 52.6 Å². The molecule has 118 valence electrons. The Morgan fingerprint density at radius 3 is 2.67 bits per heavy atom. The second-order valence-corrected chi connectivity index (χ2v) is 5.27. The van der Waals surface area contributed by atoms with Gasteiger partial charge in [-0.2, -0.15) is 0 Å². The van der Waals surface area contributed by atoms with Crippen molar-refractivity contribution in [3.05, 3.63) is 17.8 Å². The number of nitrogens with zero attached hydrogens (tertiary/aromatic N) is 1. The zero-order valence-electron chi connectivity index (χ0n) is 13.7. The quantitative estimate of drug-likeness (QED) is 0.799. The highest BCUT2D eigenvalue weighted by atomic mass is 16.5. The van der Waals surface area contributed by atoms with Gasteiger partial charge in [0.25, 0.3) is 5.91 Å². The number of aromatic nitrogens is 1. The molecule has 1 aromatic rings. The van der Waals surface area contributed by atoms with Crippen molar-refractivity contribution in [2.24, 2.45) is 0 Å². The first kappa shape index (κ1) is 17.4. The molecule has 1 rings (SSSR count). The number of nitrogens with one attached hydrogen (secondary N) is 1. The van der Waals surface area contributed by atoms with Gasteiger partial charge in [0.05, 0.1) is 19.0 Å². The van der Waals surface area contributed by atoms with Crippen molar-refractivity contribution < 1.29 is 14.3 Å². The van der Waals surface area contributed by atoms with Crippen LogP contribution in [0.5, 0.6) is 5.88 Å². The highest BCUT2D eigenvalue weighted by Gasteiger charge is 2.33. The van der Waals surface area contributed by atoms with Gasteiger partial charge in [-0.3, -0.25) is 4.79 Å². The van der Waals surface area contributed by atoms with E-state index >= 15 is 0 Å². The van der Waals surface area contributed by atoms with Crippen molar-refractivity contribution in [1.82, 2.24) is 4.98 Å². The lowest BCUT2D eigenvalue weighted by Gasteiger charge is -2.28. The van der Waals surface area contributed by atoms with Crippen LogP contribution < -0.4 is 10.1 Å². The third-order valence-corrected chi connectivity index (χ3v) is 3.43. The van der Waals surface area contributed by atoms with E-state index in [9.17, 15) is 4.79 Å². The smallest absolute Gasteiger partial charge is 0.256 e. The van der Waals surface area contributed by atoms with Crippen LogP contribution in [0, 0.1) is 6.92 Å². The predicted molar refractivity (Wildman–Crippen MR) is 83.7 cm³/mol. The fraction of sp³-hybridized carbons (Fsp3) is 0.625. The van der Waals surface area contributed by atoms with Crippen LogP contribution in [0.1, 0.15) is 45.6 Å². The van der Waals surface area contributed by atoms with Crippen LogP contribution in [0.2, 0.25) is 0 Å². The van der Waals surface area contributed by atoms with Gasteiger partial charge in [0.1, 0.15) is 5.60 Å². The number of rotatable bonds is 8. The van der Waals surface area contributed by atoms with E-state index in [0.29, 0.717) is 24.6 Å². The molecule has 5 heteroatoms. The van der Waals surface area contributed by atoms with Gasteiger partial charge in [-0.1, -0.05) is 19.8 Å². The fourth-order valence-corrected chi connectivity index (χ4v) is 2.19. The molecule has 1 N–H and O–H groups in total. The van der Waals surface area contributed by atoms with Crippen LogP contribution in [-0.2, 0) is 9.53 Å². The highest BCUT2D eigenvalue weighted by molar-refractivity contribution is 5.97. The number of aryl methyl sites for hydroxylation is 1. The van der Waals surface area contributed by atoms with Gasteiger partial charge in [0.2, 0.25) is 5.88 Å². The Balaban J connectivity index is 2.83. The van der Waals surface area contributed by atoms with Crippen molar-refractivity contribution in [1.29, 1.82) is 0 Å². The minimum absolute atomic E-state index is 0.135. The monoisotopic (exact) mass is 294 g/mol. The van der Waals surface area contributed by atoms with Gasteiger partial charge in [-0.15, -0.1) is 0 Å². The number of hydrogen-bond acceptors (Lipinski definition) is 4. The number of hydrogen-bond donors (Lipinski definition) is 1. The van der Waals surface area contributed by atoms with Gasteiger partial charge in [0.15, 0.2) is 0 Å². The molecule has 1 heterocycles. The largest absolute Gasteiger partial charge is 0.481 e. The van der Waals surface area contributed by atoms with E-state index in [4.69, 9.17) is 9.47 Å². The summed E-state index contributed by atoms with van der Waals surface area (Å²) in [7, 11) is 1.57. The maximum Gasteiger partial charge on any atom is 0.256 e. The normalized spacial score (nSPS) is 13.6. The summed E-state index contributed by atoms with van der Waals surface area (Å²) in [6.07, 6.45) is 4.27. The number of anilines is 1. The summed E-state index contributed by atoms with van der Waals surface area (Å²) in [5.74, 6) is 0.427. The Kier molecular flexibility index (Phi) is 6.62.